The zero-order valence-corrected chi connectivity index (χ0v) is 19.3. The topological polar surface area (TPSA) is 93.1 Å². The third-order valence-electron chi connectivity index (χ3n) is 6.14. The molecule has 2 aliphatic heterocycles. The molecule has 4 aromatic rings. The fraction of sp³-hybridized carbons (Fsp3) is 0.133. The summed E-state index contributed by atoms with van der Waals surface area (Å²) in [5, 5.41) is 18.9. The second-order valence-corrected chi connectivity index (χ2v) is 8.65. The molecule has 2 aliphatic rings. The predicted molar refractivity (Wildman–Crippen MR) is 134 cm³/mol. The number of Topliss-reactive ketones (excluding diaryl/α,β-unsaturated/α-hetero) is 2. The molecule has 2 unspecified atom stereocenters. The molecule has 2 N–H and O–H groups in total. The summed E-state index contributed by atoms with van der Waals surface area (Å²) in [5.74, 6) is 1.74. The second kappa shape index (κ2) is 9.96. The lowest BCUT2D eigenvalue weighted by Gasteiger charge is -2.25. The lowest BCUT2D eigenvalue weighted by Crippen LogP contribution is -2.20. The highest BCUT2D eigenvalue weighted by molar-refractivity contribution is 6.00. The van der Waals surface area contributed by atoms with Gasteiger partial charge >= 0.3 is 0 Å². The summed E-state index contributed by atoms with van der Waals surface area (Å²) in [6.45, 7) is 0. The van der Waals surface area contributed by atoms with Gasteiger partial charge in [0.25, 0.3) is 0 Å². The van der Waals surface area contributed by atoms with Gasteiger partial charge in [0, 0.05) is 0 Å². The van der Waals surface area contributed by atoms with E-state index in [4.69, 9.17) is 9.47 Å². The molecule has 0 aromatic heterocycles. The Morgan fingerprint density at radius 2 is 0.972 bits per heavy atom. The largest absolute Gasteiger partial charge is 0.508 e. The predicted octanol–water partition coefficient (Wildman–Crippen LogP) is 6.20. The van der Waals surface area contributed by atoms with Crippen molar-refractivity contribution in [3.63, 3.8) is 0 Å². The smallest absolute Gasteiger partial charge is 0.170 e. The van der Waals surface area contributed by atoms with Gasteiger partial charge in [0.1, 0.15) is 35.2 Å². The Morgan fingerprint density at radius 3 is 1.39 bits per heavy atom. The minimum Gasteiger partial charge on any atom is -0.508 e. The molecule has 0 aliphatic carbocycles. The van der Waals surface area contributed by atoms with Crippen molar-refractivity contribution in [2.75, 3.05) is 0 Å². The van der Waals surface area contributed by atoms with Gasteiger partial charge in [-0.1, -0.05) is 48.5 Å². The molecule has 0 radical (unpaired) electrons. The summed E-state index contributed by atoms with van der Waals surface area (Å²) in [6, 6.07) is 28.1. The lowest BCUT2D eigenvalue weighted by atomic mass is 9.96. The van der Waals surface area contributed by atoms with Crippen LogP contribution in [0.4, 0.5) is 0 Å². The SMILES string of the molecule is O=C1CC(c2cccc(O)c2)Oc2ccccc21.O=C1CC(c2cccc(O)c2)Oc2ccccc21. The molecular formula is C30H24O6. The standard InChI is InChI=1S/2C15H12O3/c2*16-11-5-3-4-10(8-11)15-9-13(17)12-6-1-2-7-14(12)18-15/h2*1-8,15-16H,9H2. The molecule has 0 saturated heterocycles. The van der Waals surface area contributed by atoms with Crippen LogP contribution in [-0.4, -0.2) is 21.8 Å². The second-order valence-electron chi connectivity index (χ2n) is 8.65. The van der Waals surface area contributed by atoms with Gasteiger partial charge in [-0.05, 0) is 59.7 Å². The molecule has 6 nitrogen and oxygen atoms in total. The highest BCUT2D eigenvalue weighted by Crippen LogP contribution is 2.36. The number of para-hydroxylation sites is 2. The van der Waals surface area contributed by atoms with E-state index in [2.05, 4.69) is 0 Å². The first-order valence-corrected chi connectivity index (χ1v) is 11.6. The molecule has 0 fully saturated rings. The number of carbonyl (C=O) groups is 2. The first-order chi connectivity index (χ1) is 17.5. The Bertz CT molecular complexity index is 1320. The Balaban J connectivity index is 0.000000148. The van der Waals surface area contributed by atoms with Crippen LogP contribution in [0.2, 0.25) is 0 Å². The maximum Gasteiger partial charge on any atom is 0.170 e. The lowest BCUT2D eigenvalue weighted by molar-refractivity contribution is 0.0840. The monoisotopic (exact) mass is 480 g/mol. The van der Waals surface area contributed by atoms with Crippen molar-refractivity contribution in [2.24, 2.45) is 0 Å². The molecule has 36 heavy (non-hydrogen) atoms. The van der Waals surface area contributed by atoms with E-state index < -0.39 is 0 Å². The Labute approximate surface area is 208 Å². The van der Waals surface area contributed by atoms with Crippen LogP contribution in [0.15, 0.2) is 97.1 Å². The van der Waals surface area contributed by atoms with Crippen molar-refractivity contribution in [3.05, 3.63) is 119 Å². The zero-order chi connectivity index (χ0) is 25.1. The number of phenolic OH excluding ortho intramolecular Hbond substituents is 2. The van der Waals surface area contributed by atoms with Gasteiger partial charge in [-0.3, -0.25) is 9.59 Å². The number of fused-ring (bicyclic) bond motifs is 2. The van der Waals surface area contributed by atoms with Crippen molar-refractivity contribution in [1.82, 2.24) is 0 Å². The number of ether oxygens (including phenoxy) is 2. The van der Waals surface area contributed by atoms with Crippen LogP contribution >= 0.6 is 0 Å². The zero-order valence-electron chi connectivity index (χ0n) is 19.3. The average Bonchev–Trinajstić information content (AvgIpc) is 2.89. The molecule has 0 bridgehead atoms. The number of rotatable bonds is 2. The van der Waals surface area contributed by atoms with Crippen molar-refractivity contribution in [1.29, 1.82) is 0 Å². The van der Waals surface area contributed by atoms with Crippen molar-refractivity contribution in [3.8, 4) is 23.0 Å². The third-order valence-corrected chi connectivity index (χ3v) is 6.14. The van der Waals surface area contributed by atoms with E-state index in [1.165, 1.54) is 0 Å². The van der Waals surface area contributed by atoms with E-state index in [-0.39, 0.29) is 35.3 Å². The highest BCUT2D eigenvalue weighted by Gasteiger charge is 2.28. The van der Waals surface area contributed by atoms with E-state index in [1.807, 2.05) is 36.4 Å². The fourth-order valence-electron chi connectivity index (χ4n) is 4.37. The number of benzene rings is 4. The Hall–Kier alpha value is -4.58. The van der Waals surface area contributed by atoms with Crippen LogP contribution in [0, 0.1) is 0 Å². The molecule has 180 valence electrons. The first-order valence-electron chi connectivity index (χ1n) is 11.6. The normalized spacial score (nSPS) is 18.0. The quantitative estimate of drug-likeness (QED) is 0.355. The summed E-state index contributed by atoms with van der Waals surface area (Å²) in [4.78, 5) is 24.0. The summed E-state index contributed by atoms with van der Waals surface area (Å²) in [5.41, 5.74) is 2.90. The number of ketones is 2. The Morgan fingerprint density at radius 1 is 0.556 bits per heavy atom. The number of hydrogen-bond acceptors (Lipinski definition) is 6. The fourth-order valence-corrected chi connectivity index (χ4v) is 4.37. The van der Waals surface area contributed by atoms with Crippen LogP contribution in [0.1, 0.15) is 56.9 Å². The summed E-state index contributed by atoms with van der Waals surface area (Å²) in [6.07, 6.45) is -0.0278. The molecule has 4 aromatic carbocycles. The summed E-state index contributed by atoms with van der Waals surface area (Å²) < 4.78 is 11.6. The maximum absolute atomic E-state index is 12.0. The van der Waals surface area contributed by atoms with Gasteiger partial charge in [0.05, 0.1) is 24.0 Å². The van der Waals surface area contributed by atoms with E-state index in [0.717, 1.165) is 11.1 Å². The van der Waals surface area contributed by atoms with E-state index in [1.54, 1.807) is 60.7 Å². The van der Waals surface area contributed by atoms with Crippen molar-refractivity contribution in [2.45, 2.75) is 25.0 Å². The van der Waals surface area contributed by atoms with Crippen molar-refractivity contribution >= 4 is 11.6 Å². The van der Waals surface area contributed by atoms with Crippen LogP contribution in [0.5, 0.6) is 23.0 Å². The minimum absolute atomic E-state index is 0.0743. The van der Waals surface area contributed by atoms with E-state index >= 15 is 0 Å². The van der Waals surface area contributed by atoms with E-state index in [0.29, 0.717) is 35.5 Å². The summed E-state index contributed by atoms with van der Waals surface area (Å²) >= 11 is 0. The minimum atomic E-state index is -0.320. The average molecular weight is 481 g/mol. The van der Waals surface area contributed by atoms with Gasteiger partial charge in [0.2, 0.25) is 0 Å². The molecular weight excluding hydrogens is 456 g/mol. The maximum atomic E-state index is 12.0. The van der Waals surface area contributed by atoms with Crippen molar-refractivity contribution < 1.29 is 29.3 Å². The van der Waals surface area contributed by atoms with Gasteiger partial charge in [-0.25, -0.2) is 0 Å². The number of aromatic hydroxyl groups is 2. The number of carbonyl (C=O) groups excluding carboxylic acids is 2. The highest BCUT2D eigenvalue weighted by atomic mass is 16.5. The number of hydrogen-bond donors (Lipinski definition) is 2. The first kappa shape index (κ1) is 23.2. The molecule has 6 heteroatoms. The van der Waals surface area contributed by atoms with Crippen LogP contribution in [0.3, 0.4) is 0 Å². The van der Waals surface area contributed by atoms with Gasteiger partial charge in [-0.2, -0.15) is 0 Å². The van der Waals surface area contributed by atoms with Gasteiger partial charge < -0.3 is 19.7 Å². The third kappa shape index (κ3) is 4.93. The van der Waals surface area contributed by atoms with Crippen LogP contribution in [-0.2, 0) is 0 Å². The summed E-state index contributed by atoms with van der Waals surface area (Å²) in [7, 11) is 0. The Kier molecular flexibility index (Phi) is 6.41. The molecule has 2 atom stereocenters. The number of phenols is 2. The molecule has 0 saturated carbocycles. The van der Waals surface area contributed by atoms with Gasteiger partial charge in [-0.15, -0.1) is 0 Å². The molecule has 0 spiro atoms. The van der Waals surface area contributed by atoms with Crippen LogP contribution in [0.25, 0.3) is 0 Å². The molecule has 0 amide bonds. The van der Waals surface area contributed by atoms with Gasteiger partial charge in [0.15, 0.2) is 11.6 Å². The van der Waals surface area contributed by atoms with Crippen LogP contribution < -0.4 is 9.47 Å². The van der Waals surface area contributed by atoms with E-state index in [9.17, 15) is 19.8 Å². The molecule has 6 rings (SSSR count). The molecule has 2 heterocycles.